The van der Waals surface area contributed by atoms with Gasteiger partial charge in [0, 0.05) is 35.4 Å². The van der Waals surface area contributed by atoms with E-state index >= 15 is 0 Å². The van der Waals surface area contributed by atoms with Crippen molar-refractivity contribution in [3.63, 3.8) is 0 Å². The van der Waals surface area contributed by atoms with E-state index in [0.717, 1.165) is 18.7 Å². The predicted molar refractivity (Wildman–Crippen MR) is 66.4 cm³/mol. The van der Waals surface area contributed by atoms with Crippen molar-refractivity contribution in [2.45, 2.75) is 19.4 Å². The van der Waals surface area contributed by atoms with Crippen molar-refractivity contribution in [1.29, 1.82) is 0 Å². The van der Waals surface area contributed by atoms with E-state index in [1.54, 1.807) is 6.26 Å². The van der Waals surface area contributed by atoms with Gasteiger partial charge >= 0.3 is 0 Å². The van der Waals surface area contributed by atoms with E-state index in [4.69, 9.17) is 0 Å². The lowest BCUT2D eigenvalue weighted by Gasteiger charge is -2.16. The van der Waals surface area contributed by atoms with Gasteiger partial charge in [-0.1, -0.05) is 37.3 Å². The fourth-order valence-corrected chi connectivity index (χ4v) is 1.97. The number of hydrogen-bond donors (Lipinski definition) is 1. The summed E-state index contributed by atoms with van der Waals surface area (Å²) in [4.78, 5) is 0. The first kappa shape index (κ1) is 12.4. The van der Waals surface area contributed by atoms with Gasteiger partial charge in [0.2, 0.25) is 0 Å². The number of nitrogens with one attached hydrogen (secondary N) is 1. The second kappa shape index (κ2) is 6.75. The molecule has 2 nitrogen and oxygen atoms in total. The number of hydrogen-bond acceptors (Lipinski definition) is 2. The van der Waals surface area contributed by atoms with Crippen LogP contribution >= 0.6 is 0 Å². The van der Waals surface area contributed by atoms with Crippen molar-refractivity contribution in [3.8, 4) is 0 Å². The van der Waals surface area contributed by atoms with Crippen molar-refractivity contribution in [2.24, 2.45) is 0 Å². The van der Waals surface area contributed by atoms with E-state index < -0.39 is 10.8 Å². The summed E-state index contributed by atoms with van der Waals surface area (Å²) >= 11 is 0. The van der Waals surface area contributed by atoms with Crippen molar-refractivity contribution >= 4 is 10.8 Å². The lowest BCUT2D eigenvalue weighted by Crippen LogP contribution is -2.25. The van der Waals surface area contributed by atoms with Crippen LogP contribution in [0, 0.1) is 0 Å². The zero-order valence-corrected chi connectivity index (χ0v) is 10.2. The molecule has 0 aliphatic heterocycles. The Morgan fingerprint density at radius 3 is 2.53 bits per heavy atom. The molecule has 0 saturated carbocycles. The minimum atomic E-state index is -0.703. The van der Waals surface area contributed by atoms with Gasteiger partial charge in [0.15, 0.2) is 0 Å². The molecule has 84 valence electrons. The third-order valence-corrected chi connectivity index (χ3v) is 3.17. The minimum Gasteiger partial charge on any atom is -0.309 e. The number of benzene rings is 1. The first-order valence-electron chi connectivity index (χ1n) is 5.32. The van der Waals surface area contributed by atoms with Crippen LogP contribution < -0.4 is 5.32 Å². The Morgan fingerprint density at radius 1 is 1.33 bits per heavy atom. The molecule has 0 aromatic heterocycles. The fourth-order valence-electron chi connectivity index (χ4n) is 1.56. The van der Waals surface area contributed by atoms with Crippen molar-refractivity contribution in [2.75, 3.05) is 18.6 Å². The van der Waals surface area contributed by atoms with Gasteiger partial charge in [-0.25, -0.2) is 0 Å². The smallest absolute Gasteiger partial charge is 0.0357 e. The predicted octanol–water partition coefficient (Wildman–Crippen LogP) is 2.11. The second-order valence-corrected chi connectivity index (χ2v) is 5.16. The summed E-state index contributed by atoms with van der Waals surface area (Å²) in [6.07, 6.45) is 2.80. The van der Waals surface area contributed by atoms with Crippen LogP contribution in [-0.2, 0) is 10.8 Å². The monoisotopic (exact) mass is 225 g/mol. The molecular formula is C12H19NOS. The Balaban J connectivity index is 2.46. The molecule has 2 atom stereocenters. The van der Waals surface area contributed by atoms with Crippen LogP contribution in [0.2, 0.25) is 0 Å². The zero-order valence-electron chi connectivity index (χ0n) is 9.40. The molecule has 0 bridgehead atoms. The number of rotatable bonds is 6. The van der Waals surface area contributed by atoms with Gasteiger partial charge in [0.25, 0.3) is 0 Å². The highest BCUT2D eigenvalue weighted by Crippen LogP contribution is 2.15. The highest BCUT2D eigenvalue weighted by atomic mass is 32.2. The molecule has 0 saturated heterocycles. The normalized spacial score (nSPS) is 14.8. The molecule has 0 aliphatic carbocycles. The largest absolute Gasteiger partial charge is 0.309 e. The first-order chi connectivity index (χ1) is 7.24. The molecule has 0 heterocycles. The third-order valence-electron chi connectivity index (χ3n) is 2.39. The topological polar surface area (TPSA) is 29.1 Å². The van der Waals surface area contributed by atoms with E-state index in [0.29, 0.717) is 6.04 Å². The van der Waals surface area contributed by atoms with Crippen LogP contribution in [0.3, 0.4) is 0 Å². The maximum absolute atomic E-state index is 10.9. The molecule has 1 aromatic carbocycles. The Morgan fingerprint density at radius 2 is 2.00 bits per heavy atom. The zero-order chi connectivity index (χ0) is 11.1. The Kier molecular flexibility index (Phi) is 5.58. The van der Waals surface area contributed by atoms with Gasteiger partial charge in [-0.2, -0.15) is 0 Å². The molecule has 3 heteroatoms. The molecule has 1 N–H and O–H groups in total. The Bertz CT molecular complexity index is 300. The van der Waals surface area contributed by atoms with Crippen molar-refractivity contribution < 1.29 is 4.21 Å². The highest BCUT2D eigenvalue weighted by Gasteiger charge is 2.07. The summed E-state index contributed by atoms with van der Waals surface area (Å²) in [6.45, 7) is 2.98. The third kappa shape index (κ3) is 4.58. The van der Waals surface area contributed by atoms with E-state index in [2.05, 4.69) is 36.5 Å². The summed E-state index contributed by atoms with van der Waals surface area (Å²) in [5, 5.41) is 3.42. The molecule has 0 amide bonds. The SMILES string of the molecule is CCC(NCCS(C)=O)c1ccccc1. The molecule has 0 aliphatic rings. The second-order valence-electron chi connectivity index (χ2n) is 3.60. The van der Waals surface area contributed by atoms with Crippen LogP contribution in [0.1, 0.15) is 24.9 Å². The van der Waals surface area contributed by atoms with Gasteiger partial charge in [-0.15, -0.1) is 0 Å². The van der Waals surface area contributed by atoms with E-state index in [1.165, 1.54) is 5.56 Å². The molecule has 0 radical (unpaired) electrons. The van der Waals surface area contributed by atoms with Gasteiger partial charge in [0.1, 0.15) is 0 Å². The van der Waals surface area contributed by atoms with E-state index in [9.17, 15) is 4.21 Å². The molecular weight excluding hydrogens is 206 g/mol. The fraction of sp³-hybridized carbons (Fsp3) is 0.500. The minimum absolute atomic E-state index is 0.384. The van der Waals surface area contributed by atoms with Crippen LogP contribution in [0.5, 0.6) is 0 Å². The summed E-state index contributed by atoms with van der Waals surface area (Å²) < 4.78 is 10.9. The summed E-state index contributed by atoms with van der Waals surface area (Å²) in [5.74, 6) is 0.726. The Hall–Kier alpha value is -0.670. The van der Waals surface area contributed by atoms with Gasteiger partial charge in [-0.3, -0.25) is 4.21 Å². The maximum atomic E-state index is 10.9. The molecule has 1 aromatic rings. The lowest BCUT2D eigenvalue weighted by atomic mass is 10.1. The van der Waals surface area contributed by atoms with Gasteiger partial charge in [0.05, 0.1) is 0 Å². The van der Waals surface area contributed by atoms with Gasteiger partial charge in [-0.05, 0) is 12.0 Å². The van der Waals surface area contributed by atoms with Crippen LogP contribution in [0.4, 0.5) is 0 Å². The molecule has 0 fully saturated rings. The molecule has 2 unspecified atom stereocenters. The van der Waals surface area contributed by atoms with Crippen LogP contribution in [0.15, 0.2) is 30.3 Å². The van der Waals surface area contributed by atoms with E-state index in [1.807, 2.05) is 6.07 Å². The standard InChI is InChI=1S/C12H19NOS/c1-3-12(13-9-10-15(2)14)11-7-5-4-6-8-11/h4-8,12-13H,3,9-10H2,1-2H3. The average molecular weight is 225 g/mol. The highest BCUT2D eigenvalue weighted by molar-refractivity contribution is 7.84. The lowest BCUT2D eigenvalue weighted by molar-refractivity contribution is 0.538. The Labute approximate surface area is 94.5 Å². The summed E-state index contributed by atoms with van der Waals surface area (Å²) in [7, 11) is -0.703. The maximum Gasteiger partial charge on any atom is 0.0357 e. The van der Waals surface area contributed by atoms with Crippen molar-refractivity contribution in [3.05, 3.63) is 35.9 Å². The molecule has 15 heavy (non-hydrogen) atoms. The van der Waals surface area contributed by atoms with Gasteiger partial charge < -0.3 is 5.32 Å². The summed E-state index contributed by atoms with van der Waals surface area (Å²) in [6, 6.07) is 10.8. The van der Waals surface area contributed by atoms with Crippen LogP contribution in [0.25, 0.3) is 0 Å². The van der Waals surface area contributed by atoms with Crippen molar-refractivity contribution in [1.82, 2.24) is 5.32 Å². The molecule has 1 rings (SSSR count). The first-order valence-corrected chi connectivity index (χ1v) is 7.05. The summed E-state index contributed by atoms with van der Waals surface area (Å²) in [5.41, 5.74) is 1.31. The quantitative estimate of drug-likeness (QED) is 0.803. The average Bonchev–Trinajstić information content (AvgIpc) is 2.25. The van der Waals surface area contributed by atoms with Crippen LogP contribution in [-0.4, -0.2) is 22.8 Å². The molecule has 0 spiro atoms. The van der Waals surface area contributed by atoms with E-state index in [-0.39, 0.29) is 0 Å².